The Morgan fingerprint density at radius 2 is 2.42 bits per heavy atom. The van der Waals surface area contributed by atoms with Gasteiger partial charge in [-0.1, -0.05) is 0 Å². The highest BCUT2D eigenvalue weighted by Gasteiger charge is 2.23. The minimum absolute atomic E-state index is 0.174. The highest BCUT2D eigenvalue weighted by molar-refractivity contribution is 5.04. The Morgan fingerprint density at radius 3 is 3.00 bits per heavy atom. The van der Waals surface area contributed by atoms with Crippen LogP contribution in [0.2, 0.25) is 0 Å². The summed E-state index contributed by atoms with van der Waals surface area (Å²) in [7, 11) is 0. The van der Waals surface area contributed by atoms with E-state index in [0.717, 1.165) is 12.8 Å². The summed E-state index contributed by atoms with van der Waals surface area (Å²) in [6.07, 6.45) is 3.03. The zero-order valence-corrected chi connectivity index (χ0v) is 7.36. The molecule has 0 saturated carbocycles. The third-order valence-electron chi connectivity index (χ3n) is 2.16. The lowest BCUT2D eigenvalue weighted by atomic mass is 9.92. The van der Waals surface area contributed by atoms with Gasteiger partial charge in [-0.25, -0.2) is 0 Å². The van der Waals surface area contributed by atoms with Crippen molar-refractivity contribution in [3.05, 3.63) is 11.8 Å². The average molecular weight is 172 g/mol. The minimum atomic E-state index is -0.194. The van der Waals surface area contributed by atoms with Crippen LogP contribution in [-0.4, -0.2) is 29.5 Å². The van der Waals surface area contributed by atoms with Crippen molar-refractivity contribution in [2.45, 2.75) is 25.9 Å². The van der Waals surface area contributed by atoms with Crippen LogP contribution in [0.15, 0.2) is 11.8 Å². The number of aliphatic hydroxyl groups is 2. The molecule has 3 heteroatoms. The van der Waals surface area contributed by atoms with Crippen molar-refractivity contribution in [3.63, 3.8) is 0 Å². The quantitative estimate of drug-likeness (QED) is 0.673. The summed E-state index contributed by atoms with van der Waals surface area (Å²) in [4.78, 5) is 0. The third kappa shape index (κ3) is 2.22. The summed E-state index contributed by atoms with van der Waals surface area (Å²) in [5, 5.41) is 18.3. The SMILES string of the molecule is CCOC1CC(CO)CC=C1O. The highest BCUT2D eigenvalue weighted by Crippen LogP contribution is 2.24. The standard InChI is InChI=1S/C9H16O3/c1-2-12-9-5-7(6-10)3-4-8(9)11/h4,7,9-11H,2-3,5-6H2,1H3. The molecule has 1 aliphatic carbocycles. The average Bonchev–Trinajstić information content (AvgIpc) is 2.09. The van der Waals surface area contributed by atoms with Gasteiger partial charge in [0.1, 0.15) is 11.9 Å². The molecule has 0 bridgehead atoms. The molecule has 0 aromatic carbocycles. The van der Waals surface area contributed by atoms with E-state index in [1.807, 2.05) is 6.92 Å². The lowest BCUT2D eigenvalue weighted by Crippen LogP contribution is -2.25. The molecule has 2 N–H and O–H groups in total. The molecule has 0 aromatic heterocycles. The van der Waals surface area contributed by atoms with Gasteiger partial charge < -0.3 is 14.9 Å². The highest BCUT2D eigenvalue weighted by atomic mass is 16.5. The van der Waals surface area contributed by atoms with Crippen molar-refractivity contribution in [1.29, 1.82) is 0 Å². The lowest BCUT2D eigenvalue weighted by molar-refractivity contribution is 0.0259. The van der Waals surface area contributed by atoms with Gasteiger partial charge in [0, 0.05) is 13.2 Å². The van der Waals surface area contributed by atoms with Crippen molar-refractivity contribution in [2.75, 3.05) is 13.2 Å². The van der Waals surface area contributed by atoms with Crippen molar-refractivity contribution in [3.8, 4) is 0 Å². The van der Waals surface area contributed by atoms with Gasteiger partial charge in [-0.3, -0.25) is 0 Å². The van der Waals surface area contributed by atoms with Gasteiger partial charge in [0.25, 0.3) is 0 Å². The third-order valence-corrected chi connectivity index (χ3v) is 2.16. The van der Waals surface area contributed by atoms with Crippen LogP contribution in [0.25, 0.3) is 0 Å². The van der Waals surface area contributed by atoms with Crippen LogP contribution in [0.4, 0.5) is 0 Å². The first-order valence-electron chi connectivity index (χ1n) is 4.39. The van der Waals surface area contributed by atoms with Gasteiger partial charge in [0.2, 0.25) is 0 Å². The molecule has 0 radical (unpaired) electrons. The summed E-state index contributed by atoms with van der Waals surface area (Å²) in [6.45, 7) is 2.67. The fourth-order valence-electron chi connectivity index (χ4n) is 1.44. The van der Waals surface area contributed by atoms with Gasteiger partial charge >= 0.3 is 0 Å². The van der Waals surface area contributed by atoms with E-state index < -0.39 is 0 Å². The van der Waals surface area contributed by atoms with E-state index in [9.17, 15) is 5.11 Å². The number of ether oxygens (including phenoxy) is 1. The molecule has 0 saturated heterocycles. The monoisotopic (exact) mass is 172 g/mol. The summed E-state index contributed by atoms with van der Waals surface area (Å²) in [6, 6.07) is 0. The number of hydrogen-bond donors (Lipinski definition) is 2. The predicted molar refractivity (Wildman–Crippen MR) is 45.9 cm³/mol. The van der Waals surface area contributed by atoms with Crippen molar-refractivity contribution < 1.29 is 14.9 Å². The molecule has 2 unspecified atom stereocenters. The maximum Gasteiger partial charge on any atom is 0.117 e. The summed E-state index contributed by atoms with van der Waals surface area (Å²) >= 11 is 0. The summed E-state index contributed by atoms with van der Waals surface area (Å²) in [5.74, 6) is 0.569. The second kappa shape index (κ2) is 4.48. The molecule has 0 heterocycles. The second-order valence-electron chi connectivity index (χ2n) is 3.09. The smallest absolute Gasteiger partial charge is 0.117 e. The Morgan fingerprint density at radius 1 is 1.67 bits per heavy atom. The van der Waals surface area contributed by atoms with Crippen molar-refractivity contribution in [2.24, 2.45) is 5.92 Å². The molecule has 70 valence electrons. The molecule has 0 spiro atoms. The summed E-state index contributed by atoms with van der Waals surface area (Å²) in [5.41, 5.74) is 0. The Balaban J connectivity index is 2.49. The number of rotatable bonds is 3. The molecule has 3 nitrogen and oxygen atoms in total. The second-order valence-corrected chi connectivity index (χ2v) is 3.09. The zero-order chi connectivity index (χ0) is 8.97. The molecule has 0 aromatic rings. The lowest BCUT2D eigenvalue weighted by Gasteiger charge is -2.25. The molecule has 1 rings (SSSR count). The van der Waals surface area contributed by atoms with E-state index in [2.05, 4.69) is 0 Å². The Kier molecular flexibility index (Phi) is 3.56. The maximum atomic E-state index is 9.37. The molecule has 1 aliphatic rings. The molecular weight excluding hydrogens is 156 g/mol. The number of aliphatic hydroxyl groups excluding tert-OH is 2. The number of hydrogen-bond acceptors (Lipinski definition) is 3. The van der Waals surface area contributed by atoms with Crippen LogP contribution in [0.3, 0.4) is 0 Å². The molecule has 0 aliphatic heterocycles. The Labute approximate surface area is 72.7 Å². The van der Waals surface area contributed by atoms with E-state index in [0.29, 0.717) is 12.4 Å². The summed E-state index contributed by atoms with van der Waals surface area (Å²) < 4.78 is 5.30. The number of allylic oxidation sites excluding steroid dienone is 1. The zero-order valence-electron chi connectivity index (χ0n) is 7.36. The Bertz CT molecular complexity index is 165. The van der Waals surface area contributed by atoms with E-state index in [1.165, 1.54) is 0 Å². The fourth-order valence-corrected chi connectivity index (χ4v) is 1.44. The molecular formula is C9H16O3. The van der Waals surface area contributed by atoms with Gasteiger partial charge in [-0.05, 0) is 31.8 Å². The van der Waals surface area contributed by atoms with Crippen molar-refractivity contribution >= 4 is 0 Å². The van der Waals surface area contributed by atoms with Gasteiger partial charge in [-0.15, -0.1) is 0 Å². The van der Waals surface area contributed by atoms with E-state index in [1.54, 1.807) is 6.08 Å². The van der Waals surface area contributed by atoms with Crippen LogP contribution < -0.4 is 0 Å². The van der Waals surface area contributed by atoms with Crippen LogP contribution in [0.1, 0.15) is 19.8 Å². The fraction of sp³-hybridized carbons (Fsp3) is 0.778. The first-order chi connectivity index (χ1) is 5.77. The first kappa shape index (κ1) is 9.55. The van der Waals surface area contributed by atoms with Crippen LogP contribution in [0, 0.1) is 5.92 Å². The minimum Gasteiger partial charge on any atom is -0.510 e. The van der Waals surface area contributed by atoms with Gasteiger partial charge in [0.15, 0.2) is 0 Å². The van der Waals surface area contributed by atoms with E-state index in [-0.39, 0.29) is 18.6 Å². The van der Waals surface area contributed by atoms with Gasteiger partial charge in [-0.2, -0.15) is 0 Å². The van der Waals surface area contributed by atoms with Crippen LogP contribution in [-0.2, 0) is 4.74 Å². The molecule has 0 amide bonds. The molecule has 12 heavy (non-hydrogen) atoms. The molecule has 2 atom stereocenters. The first-order valence-corrected chi connectivity index (χ1v) is 4.39. The molecule has 0 fully saturated rings. The Hall–Kier alpha value is -0.540. The van der Waals surface area contributed by atoms with E-state index >= 15 is 0 Å². The maximum absolute atomic E-state index is 9.37. The van der Waals surface area contributed by atoms with Crippen LogP contribution in [0.5, 0.6) is 0 Å². The van der Waals surface area contributed by atoms with Crippen LogP contribution >= 0.6 is 0 Å². The topological polar surface area (TPSA) is 49.7 Å². The van der Waals surface area contributed by atoms with Crippen molar-refractivity contribution in [1.82, 2.24) is 0 Å². The predicted octanol–water partition coefficient (Wildman–Crippen LogP) is 1.24. The van der Waals surface area contributed by atoms with E-state index in [4.69, 9.17) is 9.84 Å². The largest absolute Gasteiger partial charge is 0.510 e. The van der Waals surface area contributed by atoms with Gasteiger partial charge in [0.05, 0.1) is 0 Å². The normalized spacial score (nSPS) is 30.0.